The van der Waals surface area contributed by atoms with Crippen LogP contribution < -0.4 is 10.2 Å². The number of ether oxygens (including phenoxy) is 1. The number of hydrogen-bond acceptors (Lipinski definition) is 5. The van der Waals surface area contributed by atoms with Crippen molar-refractivity contribution >= 4 is 29.1 Å². The van der Waals surface area contributed by atoms with Gasteiger partial charge in [0, 0.05) is 30.9 Å². The Morgan fingerprint density at radius 2 is 1.78 bits per heavy atom. The molecule has 1 N–H and O–H groups in total. The van der Waals surface area contributed by atoms with Crippen molar-refractivity contribution in [3.63, 3.8) is 0 Å². The van der Waals surface area contributed by atoms with Gasteiger partial charge in [0.1, 0.15) is 6.54 Å². The number of nitrogens with one attached hydrogen (secondary N) is 1. The smallest absolute Gasteiger partial charge is 0.254 e. The lowest BCUT2D eigenvalue weighted by Crippen LogP contribution is -2.52. The highest BCUT2D eigenvalue weighted by molar-refractivity contribution is 6.01. The number of nitrogens with zero attached hydrogens (tertiary/aromatic N) is 4. The van der Waals surface area contributed by atoms with E-state index < -0.39 is 0 Å². The Labute approximate surface area is 209 Å². The zero-order valence-electron chi connectivity index (χ0n) is 20.4. The molecule has 2 aromatic carbocycles. The fourth-order valence-corrected chi connectivity index (χ4v) is 4.68. The van der Waals surface area contributed by atoms with Crippen LogP contribution in [0.2, 0.25) is 0 Å². The maximum atomic E-state index is 13.1. The van der Waals surface area contributed by atoms with Crippen LogP contribution in [-0.4, -0.2) is 65.2 Å². The summed E-state index contributed by atoms with van der Waals surface area (Å²) in [5.74, 6) is -0.470. The van der Waals surface area contributed by atoms with Crippen molar-refractivity contribution in [1.82, 2.24) is 14.7 Å². The van der Waals surface area contributed by atoms with Gasteiger partial charge in [-0.05, 0) is 67.8 Å². The molecule has 9 nitrogen and oxygen atoms in total. The Morgan fingerprint density at radius 3 is 2.44 bits per heavy atom. The van der Waals surface area contributed by atoms with Gasteiger partial charge in [0.05, 0.1) is 36.3 Å². The van der Waals surface area contributed by atoms with Gasteiger partial charge in [-0.25, -0.2) is 4.68 Å². The van der Waals surface area contributed by atoms with Gasteiger partial charge in [-0.2, -0.15) is 5.10 Å². The van der Waals surface area contributed by atoms with E-state index in [9.17, 15) is 14.4 Å². The number of anilines is 2. The van der Waals surface area contributed by atoms with E-state index in [1.165, 1.54) is 0 Å². The fraction of sp³-hybridized carbons (Fsp3) is 0.333. The summed E-state index contributed by atoms with van der Waals surface area (Å²) in [6.07, 6.45) is 4.05. The van der Waals surface area contributed by atoms with Crippen molar-refractivity contribution < 1.29 is 19.1 Å². The zero-order chi connectivity index (χ0) is 25.2. The van der Waals surface area contributed by atoms with Crippen LogP contribution in [0.15, 0.2) is 54.9 Å². The monoisotopic (exact) mass is 487 g/mol. The van der Waals surface area contributed by atoms with Gasteiger partial charge in [0.25, 0.3) is 5.91 Å². The van der Waals surface area contributed by atoms with Gasteiger partial charge in [-0.1, -0.05) is 6.07 Å². The Balaban J connectivity index is 1.21. The van der Waals surface area contributed by atoms with Crippen LogP contribution in [0, 0.1) is 19.8 Å². The highest BCUT2D eigenvalue weighted by Crippen LogP contribution is 2.22. The fourth-order valence-electron chi connectivity index (χ4n) is 4.68. The number of aryl methyl sites for hydroxylation is 2. The summed E-state index contributed by atoms with van der Waals surface area (Å²) in [6.45, 7) is 6.04. The van der Waals surface area contributed by atoms with Gasteiger partial charge >= 0.3 is 0 Å². The third kappa shape index (κ3) is 5.01. The summed E-state index contributed by atoms with van der Waals surface area (Å²) in [4.78, 5) is 41.5. The van der Waals surface area contributed by atoms with Crippen LogP contribution in [0.5, 0.6) is 0 Å². The minimum absolute atomic E-state index is 0.0435. The van der Waals surface area contributed by atoms with Crippen LogP contribution in [0.25, 0.3) is 5.69 Å². The molecule has 1 atom stereocenters. The molecule has 0 bridgehead atoms. The second kappa shape index (κ2) is 9.94. The molecule has 36 heavy (non-hydrogen) atoms. The first-order chi connectivity index (χ1) is 17.4. The van der Waals surface area contributed by atoms with E-state index >= 15 is 0 Å². The van der Waals surface area contributed by atoms with Crippen LogP contribution >= 0.6 is 0 Å². The van der Waals surface area contributed by atoms with E-state index in [0.717, 1.165) is 28.9 Å². The first-order valence-electron chi connectivity index (χ1n) is 12.1. The Hall–Kier alpha value is -3.98. The van der Waals surface area contributed by atoms with Crippen molar-refractivity contribution in [3.05, 3.63) is 71.5 Å². The molecule has 1 aromatic heterocycles. The molecule has 3 amide bonds. The van der Waals surface area contributed by atoms with E-state index in [1.54, 1.807) is 51.1 Å². The average molecular weight is 488 g/mol. The summed E-state index contributed by atoms with van der Waals surface area (Å²) in [5.41, 5.74) is 4.95. The predicted octanol–water partition coefficient (Wildman–Crippen LogP) is 2.95. The first kappa shape index (κ1) is 23.7. The summed E-state index contributed by atoms with van der Waals surface area (Å²) >= 11 is 0. The Kier molecular flexibility index (Phi) is 6.56. The van der Waals surface area contributed by atoms with Crippen molar-refractivity contribution in [2.75, 3.05) is 43.1 Å². The standard InChI is InChI=1S/C27H29N5O4/c1-18-11-19(2)13-24(12-18)31-9-8-30(16-25(31)33)27(35)20-3-5-23(6-4-20)32-15-22(14-28-32)29-26(34)21-7-10-36-17-21/h3-6,11-15,21H,7-10,16-17H2,1-2H3,(H,29,34)/t21-/m0/s1. The van der Waals surface area contributed by atoms with E-state index in [1.807, 2.05) is 26.0 Å². The predicted molar refractivity (Wildman–Crippen MR) is 135 cm³/mol. The molecule has 5 rings (SSSR count). The maximum absolute atomic E-state index is 13.1. The number of carbonyl (C=O) groups excluding carboxylic acids is 3. The molecule has 0 radical (unpaired) electrons. The molecule has 3 aromatic rings. The Morgan fingerprint density at radius 1 is 1.03 bits per heavy atom. The maximum Gasteiger partial charge on any atom is 0.254 e. The third-order valence-electron chi connectivity index (χ3n) is 6.56. The van der Waals surface area contributed by atoms with Crippen molar-refractivity contribution in [1.29, 1.82) is 0 Å². The topological polar surface area (TPSA) is 96.8 Å². The molecule has 2 aliphatic heterocycles. The molecular formula is C27H29N5O4. The summed E-state index contributed by atoms with van der Waals surface area (Å²) < 4.78 is 6.91. The third-order valence-corrected chi connectivity index (χ3v) is 6.56. The Bertz CT molecular complexity index is 1270. The van der Waals surface area contributed by atoms with Crippen LogP contribution in [0.4, 0.5) is 11.4 Å². The van der Waals surface area contributed by atoms with Crippen LogP contribution in [0.3, 0.4) is 0 Å². The second-order valence-electron chi connectivity index (χ2n) is 9.39. The van der Waals surface area contributed by atoms with Crippen LogP contribution in [0.1, 0.15) is 27.9 Å². The number of benzene rings is 2. The summed E-state index contributed by atoms with van der Waals surface area (Å²) in [6, 6.07) is 13.1. The molecule has 9 heteroatoms. The molecule has 2 aliphatic rings. The van der Waals surface area contributed by atoms with Crippen molar-refractivity contribution in [2.24, 2.45) is 5.92 Å². The van der Waals surface area contributed by atoms with Gasteiger partial charge in [-0.15, -0.1) is 0 Å². The average Bonchev–Trinajstić information content (AvgIpc) is 3.56. The van der Waals surface area contributed by atoms with Gasteiger partial charge in [0.2, 0.25) is 11.8 Å². The molecule has 0 unspecified atom stereocenters. The molecule has 2 fully saturated rings. The van der Waals surface area contributed by atoms with Gasteiger partial charge in [0.15, 0.2) is 0 Å². The van der Waals surface area contributed by atoms with Crippen molar-refractivity contribution in [2.45, 2.75) is 20.3 Å². The quantitative estimate of drug-likeness (QED) is 0.597. The molecule has 3 heterocycles. The lowest BCUT2D eigenvalue weighted by molar-refractivity contribution is -0.121. The lowest BCUT2D eigenvalue weighted by Gasteiger charge is -2.34. The minimum Gasteiger partial charge on any atom is -0.381 e. The first-order valence-corrected chi connectivity index (χ1v) is 12.1. The highest BCUT2D eigenvalue weighted by atomic mass is 16.5. The zero-order valence-corrected chi connectivity index (χ0v) is 20.4. The van der Waals surface area contributed by atoms with E-state index in [2.05, 4.69) is 16.5 Å². The molecule has 186 valence electrons. The number of rotatable bonds is 5. The molecule has 0 spiro atoms. The van der Waals surface area contributed by atoms with Gasteiger partial charge < -0.3 is 19.9 Å². The number of piperazine rings is 1. The molecular weight excluding hydrogens is 458 g/mol. The highest BCUT2D eigenvalue weighted by Gasteiger charge is 2.29. The largest absolute Gasteiger partial charge is 0.381 e. The molecule has 2 saturated heterocycles. The number of hydrogen-bond donors (Lipinski definition) is 1. The van der Waals surface area contributed by atoms with Crippen molar-refractivity contribution in [3.8, 4) is 5.69 Å². The van der Waals surface area contributed by atoms with Crippen LogP contribution in [-0.2, 0) is 14.3 Å². The summed E-state index contributed by atoms with van der Waals surface area (Å²) in [5, 5.41) is 7.19. The number of amides is 3. The van der Waals surface area contributed by atoms with E-state index in [-0.39, 0.29) is 30.2 Å². The normalized spacial score (nSPS) is 17.9. The second-order valence-corrected chi connectivity index (χ2v) is 9.39. The SMILES string of the molecule is Cc1cc(C)cc(N2CCN(C(=O)c3ccc(-n4cc(NC(=O)[C@H]5CCOC5)cn4)cc3)CC2=O)c1. The number of aromatic nitrogens is 2. The molecule has 0 saturated carbocycles. The minimum atomic E-state index is -0.179. The van der Waals surface area contributed by atoms with E-state index in [0.29, 0.717) is 37.6 Å². The number of carbonyl (C=O) groups is 3. The molecule has 0 aliphatic carbocycles. The summed E-state index contributed by atoms with van der Waals surface area (Å²) in [7, 11) is 0. The van der Waals surface area contributed by atoms with Gasteiger partial charge in [-0.3, -0.25) is 14.4 Å². The van der Waals surface area contributed by atoms with E-state index in [4.69, 9.17) is 4.74 Å². The lowest BCUT2D eigenvalue weighted by atomic mass is 10.1.